The van der Waals surface area contributed by atoms with E-state index in [1.165, 1.54) is 71.9 Å². The zero-order valence-corrected chi connectivity index (χ0v) is 17.3. The quantitative estimate of drug-likeness (QED) is 0.424. The molecule has 1 fully saturated rings. The predicted molar refractivity (Wildman–Crippen MR) is 122 cm³/mol. The van der Waals surface area contributed by atoms with E-state index in [2.05, 4.69) is 86.6 Å². The average Bonchev–Trinajstić information content (AvgIpc) is 2.75. The summed E-state index contributed by atoms with van der Waals surface area (Å²) in [4.78, 5) is 0. The molecule has 3 aromatic carbocycles. The highest BCUT2D eigenvalue weighted by molar-refractivity contribution is 5.72. The molecular formula is C28H32. The summed E-state index contributed by atoms with van der Waals surface area (Å²) in [6, 6.07) is 27.0. The Hall–Kier alpha value is -2.34. The van der Waals surface area contributed by atoms with Crippen molar-refractivity contribution in [2.45, 2.75) is 58.3 Å². The van der Waals surface area contributed by atoms with Crippen molar-refractivity contribution >= 4 is 0 Å². The molecule has 144 valence electrons. The molecule has 0 atom stereocenters. The fourth-order valence-corrected chi connectivity index (χ4v) is 4.88. The maximum Gasteiger partial charge on any atom is -0.0155 e. The third kappa shape index (κ3) is 4.22. The Morgan fingerprint density at radius 2 is 1.25 bits per heavy atom. The van der Waals surface area contributed by atoms with Crippen LogP contribution in [0.2, 0.25) is 0 Å². The minimum Gasteiger partial charge on any atom is -0.0654 e. The minimum absolute atomic E-state index is 0.769. The molecule has 0 spiro atoms. The van der Waals surface area contributed by atoms with E-state index in [1.54, 1.807) is 0 Å². The van der Waals surface area contributed by atoms with Crippen LogP contribution < -0.4 is 0 Å². The van der Waals surface area contributed by atoms with Crippen LogP contribution in [0.25, 0.3) is 22.3 Å². The molecule has 0 heterocycles. The molecule has 28 heavy (non-hydrogen) atoms. The molecule has 0 radical (unpaired) electrons. The van der Waals surface area contributed by atoms with Gasteiger partial charge in [-0.05, 0) is 77.8 Å². The van der Waals surface area contributed by atoms with Gasteiger partial charge in [0, 0.05) is 0 Å². The lowest BCUT2D eigenvalue weighted by Crippen LogP contribution is -2.13. The first-order valence-corrected chi connectivity index (χ1v) is 11.0. The van der Waals surface area contributed by atoms with Gasteiger partial charge in [-0.25, -0.2) is 0 Å². The van der Waals surface area contributed by atoms with Crippen LogP contribution in [0.5, 0.6) is 0 Å². The number of hydrogen-bond donors (Lipinski definition) is 0. The van der Waals surface area contributed by atoms with Gasteiger partial charge in [0.2, 0.25) is 0 Å². The SMILES string of the molecule is CCCC1CCC(c2ccc(-c3ccc(-c4ccccc4C)cc3)cc2)CC1. The number of hydrogen-bond acceptors (Lipinski definition) is 0. The molecule has 0 unspecified atom stereocenters. The standard InChI is InChI=1S/C28H32/c1-3-6-22-9-11-23(12-10-22)24-13-15-25(16-14-24)26-17-19-27(20-18-26)28-8-5-4-7-21(28)2/h4-5,7-8,13-20,22-23H,3,6,9-12H2,1-2H3. The monoisotopic (exact) mass is 368 g/mol. The lowest BCUT2D eigenvalue weighted by atomic mass is 9.77. The molecule has 0 heteroatoms. The van der Waals surface area contributed by atoms with Gasteiger partial charge in [0.25, 0.3) is 0 Å². The Morgan fingerprint density at radius 3 is 1.86 bits per heavy atom. The topological polar surface area (TPSA) is 0 Å². The molecule has 3 aromatic rings. The van der Waals surface area contributed by atoms with Crippen molar-refractivity contribution in [2.24, 2.45) is 5.92 Å². The van der Waals surface area contributed by atoms with Gasteiger partial charge >= 0.3 is 0 Å². The van der Waals surface area contributed by atoms with Crippen molar-refractivity contribution in [1.29, 1.82) is 0 Å². The Labute approximate surface area is 170 Å². The first-order valence-electron chi connectivity index (χ1n) is 11.0. The van der Waals surface area contributed by atoms with Crippen molar-refractivity contribution < 1.29 is 0 Å². The van der Waals surface area contributed by atoms with Gasteiger partial charge in [-0.15, -0.1) is 0 Å². The van der Waals surface area contributed by atoms with E-state index in [-0.39, 0.29) is 0 Å². The molecule has 0 amide bonds. The molecule has 0 aromatic heterocycles. The first kappa shape index (κ1) is 19.0. The number of benzene rings is 3. The van der Waals surface area contributed by atoms with Gasteiger partial charge in [0.15, 0.2) is 0 Å². The van der Waals surface area contributed by atoms with Crippen LogP contribution in [0.4, 0.5) is 0 Å². The van der Waals surface area contributed by atoms with E-state index >= 15 is 0 Å². The predicted octanol–water partition coefficient (Wildman–Crippen LogP) is 8.40. The lowest BCUT2D eigenvalue weighted by molar-refractivity contribution is 0.308. The molecule has 0 aliphatic heterocycles. The molecular weight excluding hydrogens is 336 g/mol. The zero-order chi connectivity index (χ0) is 19.3. The Bertz CT molecular complexity index is 878. The summed E-state index contributed by atoms with van der Waals surface area (Å²) in [6.45, 7) is 4.50. The van der Waals surface area contributed by atoms with Gasteiger partial charge < -0.3 is 0 Å². The van der Waals surface area contributed by atoms with Crippen molar-refractivity contribution in [1.82, 2.24) is 0 Å². The minimum atomic E-state index is 0.769. The van der Waals surface area contributed by atoms with Crippen molar-refractivity contribution in [3.8, 4) is 22.3 Å². The summed E-state index contributed by atoms with van der Waals surface area (Å²) < 4.78 is 0. The summed E-state index contributed by atoms with van der Waals surface area (Å²) in [5.74, 6) is 1.75. The lowest BCUT2D eigenvalue weighted by Gasteiger charge is -2.28. The third-order valence-corrected chi connectivity index (χ3v) is 6.60. The molecule has 4 rings (SSSR count). The summed E-state index contributed by atoms with van der Waals surface area (Å²) in [5, 5.41) is 0. The molecule has 0 nitrogen and oxygen atoms in total. The fraction of sp³-hybridized carbons (Fsp3) is 0.357. The van der Waals surface area contributed by atoms with Gasteiger partial charge in [-0.3, -0.25) is 0 Å². The summed E-state index contributed by atoms with van der Waals surface area (Å²) in [5.41, 5.74) is 8.10. The van der Waals surface area contributed by atoms with E-state index in [9.17, 15) is 0 Å². The van der Waals surface area contributed by atoms with Crippen LogP contribution in [-0.4, -0.2) is 0 Å². The molecule has 0 N–H and O–H groups in total. The molecule has 1 saturated carbocycles. The van der Waals surface area contributed by atoms with E-state index in [4.69, 9.17) is 0 Å². The van der Waals surface area contributed by atoms with Crippen molar-refractivity contribution in [3.05, 3.63) is 83.9 Å². The second kappa shape index (κ2) is 8.78. The summed E-state index contributed by atoms with van der Waals surface area (Å²) in [6.07, 6.45) is 8.34. The van der Waals surface area contributed by atoms with E-state index < -0.39 is 0 Å². The number of rotatable bonds is 5. The van der Waals surface area contributed by atoms with Crippen LogP contribution in [0, 0.1) is 12.8 Å². The van der Waals surface area contributed by atoms with Crippen LogP contribution in [0.3, 0.4) is 0 Å². The normalized spacial score (nSPS) is 19.5. The maximum absolute atomic E-state index is 2.37. The van der Waals surface area contributed by atoms with Gasteiger partial charge in [-0.2, -0.15) is 0 Å². The third-order valence-electron chi connectivity index (χ3n) is 6.60. The van der Waals surface area contributed by atoms with Crippen molar-refractivity contribution in [2.75, 3.05) is 0 Å². The highest BCUT2D eigenvalue weighted by Gasteiger charge is 2.21. The zero-order valence-electron chi connectivity index (χ0n) is 17.3. The Balaban J connectivity index is 1.45. The highest BCUT2D eigenvalue weighted by Crippen LogP contribution is 2.38. The fourth-order valence-electron chi connectivity index (χ4n) is 4.88. The van der Waals surface area contributed by atoms with E-state index in [0.717, 1.165) is 11.8 Å². The van der Waals surface area contributed by atoms with E-state index in [1.807, 2.05) is 0 Å². The molecule has 1 aliphatic rings. The average molecular weight is 369 g/mol. The molecule has 0 bridgehead atoms. The van der Waals surface area contributed by atoms with Crippen LogP contribution >= 0.6 is 0 Å². The second-order valence-corrected chi connectivity index (χ2v) is 8.52. The Morgan fingerprint density at radius 1 is 0.679 bits per heavy atom. The van der Waals surface area contributed by atoms with Crippen LogP contribution in [-0.2, 0) is 0 Å². The summed E-state index contributed by atoms with van der Waals surface area (Å²) in [7, 11) is 0. The second-order valence-electron chi connectivity index (χ2n) is 8.52. The van der Waals surface area contributed by atoms with Crippen molar-refractivity contribution in [3.63, 3.8) is 0 Å². The number of aryl methyl sites for hydroxylation is 1. The maximum atomic E-state index is 2.37. The van der Waals surface area contributed by atoms with Gasteiger partial charge in [-0.1, -0.05) is 92.6 Å². The van der Waals surface area contributed by atoms with Crippen LogP contribution in [0.15, 0.2) is 72.8 Å². The molecule has 1 aliphatic carbocycles. The summed E-state index contributed by atoms with van der Waals surface area (Å²) >= 11 is 0. The molecule has 0 saturated heterocycles. The Kier molecular flexibility index (Phi) is 5.95. The first-order chi connectivity index (χ1) is 13.7. The van der Waals surface area contributed by atoms with Gasteiger partial charge in [0.05, 0.1) is 0 Å². The van der Waals surface area contributed by atoms with E-state index in [0.29, 0.717) is 0 Å². The van der Waals surface area contributed by atoms with Crippen LogP contribution in [0.1, 0.15) is 62.5 Å². The largest absolute Gasteiger partial charge is 0.0654 e. The highest BCUT2D eigenvalue weighted by atomic mass is 14.3. The smallest absolute Gasteiger partial charge is 0.0155 e. The van der Waals surface area contributed by atoms with Gasteiger partial charge in [0.1, 0.15) is 0 Å².